The zero-order valence-corrected chi connectivity index (χ0v) is 32.8. The Hall–Kier alpha value is -4.11. The quantitative estimate of drug-likeness (QED) is 0.0909. The molecule has 4 aromatic rings. The Kier molecular flexibility index (Phi) is 9.78. The molecule has 0 saturated carbocycles. The predicted molar refractivity (Wildman–Crippen MR) is 209 cm³/mol. The number of methoxy groups -OCH3 is 1. The van der Waals surface area contributed by atoms with Crippen molar-refractivity contribution in [2.75, 3.05) is 18.6 Å². The predicted octanol–water partition coefficient (Wildman–Crippen LogP) is 6.31. The molecular weight excluding hydrogens is 789 g/mol. The minimum atomic E-state index is -2.60. The summed E-state index contributed by atoms with van der Waals surface area (Å²) in [5.74, 6) is -0.160. The monoisotopic (exact) mass is 831 g/mol. The molecule has 12 heteroatoms. The molecular formula is C40H42IN3O7Si. The molecule has 0 aliphatic carbocycles. The molecule has 0 radical (unpaired) electrons. The van der Waals surface area contributed by atoms with Crippen LogP contribution in [0.2, 0.25) is 18.6 Å². The van der Waals surface area contributed by atoms with E-state index in [4.69, 9.17) is 9.47 Å². The molecule has 5 atom stereocenters. The maximum atomic E-state index is 15.1. The number of ether oxygens (including phenoxy) is 2. The standard InChI is InChI=1S/C40H42IN3O7Si/c1-25-38(52(3,4)33-15-13-32(50-2)14-16-33)36(21-37(46)42-23-28-10-6-5-9-27(28)19-31(42)24-45)51-40(25)34-20-30(44(48)49)12-17-35(34)43(39(40)47)22-26-8-7-11-29(41)18-26/h5-18,20,25,31,36,38,45H,19,21-24H2,1-4H3/t25-,31-,36+,38-,40+/m0/s1. The summed E-state index contributed by atoms with van der Waals surface area (Å²) in [5.41, 5.74) is 2.18. The van der Waals surface area contributed by atoms with Crippen molar-refractivity contribution in [1.82, 2.24) is 4.90 Å². The number of hydrogen-bond acceptors (Lipinski definition) is 7. The molecule has 0 bridgehead atoms. The average Bonchev–Trinajstić information content (AvgIpc) is 3.56. The number of rotatable bonds is 9. The summed E-state index contributed by atoms with van der Waals surface area (Å²) in [6, 6.07) is 28.0. The molecule has 10 nitrogen and oxygen atoms in total. The molecule has 1 N–H and O–H groups in total. The van der Waals surface area contributed by atoms with Crippen LogP contribution in [0, 0.1) is 19.6 Å². The van der Waals surface area contributed by atoms with Gasteiger partial charge in [-0.15, -0.1) is 0 Å². The van der Waals surface area contributed by atoms with Crippen LogP contribution in [-0.2, 0) is 39.4 Å². The lowest BCUT2D eigenvalue weighted by Gasteiger charge is -2.39. The zero-order valence-electron chi connectivity index (χ0n) is 29.6. The second-order valence-corrected chi connectivity index (χ2v) is 20.6. The summed E-state index contributed by atoms with van der Waals surface area (Å²) in [7, 11) is -0.973. The van der Waals surface area contributed by atoms with Crippen LogP contribution in [0.15, 0.2) is 91.0 Å². The fraction of sp³-hybridized carbons (Fsp3) is 0.350. The fourth-order valence-electron chi connectivity index (χ4n) is 8.92. The number of carbonyl (C=O) groups is 2. The van der Waals surface area contributed by atoms with E-state index < -0.39 is 30.6 Å². The van der Waals surface area contributed by atoms with Crippen molar-refractivity contribution < 1.29 is 29.1 Å². The van der Waals surface area contributed by atoms with Gasteiger partial charge in [-0.05, 0) is 81.6 Å². The zero-order chi connectivity index (χ0) is 36.9. The second-order valence-electron chi connectivity index (χ2n) is 14.7. The fourth-order valence-corrected chi connectivity index (χ4v) is 13.5. The summed E-state index contributed by atoms with van der Waals surface area (Å²) in [4.78, 5) is 44.8. The highest BCUT2D eigenvalue weighted by molar-refractivity contribution is 14.1. The minimum Gasteiger partial charge on any atom is -0.497 e. The van der Waals surface area contributed by atoms with Gasteiger partial charge in [0.1, 0.15) is 5.75 Å². The Bertz CT molecular complexity index is 2040. The maximum absolute atomic E-state index is 15.1. The Balaban J connectivity index is 1.33. The Morgan fingerprint density at radius 1 is 1.06 bits per heavy atom. The molecule has 4 aromatic carbocycles. The molecule has 0 unspecified atom stereocenters. The summed E-state index contributed by atoms with van der Waals surface area (Å²) >= 11 is 2.24. The summed E-state index contributed by atoms with van der Waals surface area (Å²) < 4.78 is 13.6. The van der Waals surface area contributed by atoms with Gasteiger partial charge in [0.2, 0.25) is 5.91 Å². The van der Waals surface area contributed by atoms with E-state index in [0.29, 0.717) is 24.2 Å². The number of benzene rings is 4. The van der Waals surface area contributed by atoms with Gasteiger partial charge in [-0.1, -0.05) is 73.7 Å². The molecule has 1 fully saturated rings. The number of nitro groups is 1. The van der Waals surface area contributed by atoms with E-state index in [1.807, 2.05) is 67.6 Å². The van der Waals surface area contributed by atoms with Gasteiger partial charge in [-0.3, -0.25) is 19.7 Å². The number of hydrogen-bond donors (Lipinski definition) is 1. The van der Waals surface area contributed by atoms with E-state index in [2.05, 4.69) is 47.8 Å². The summed E-state index contributed by atoms with van der Waals surface area (Å²) in [6.07, 6.45) is -0.143. The number of halogens is 1. The van der Waals surface area contributed by atoms with Crippen molar-refractivity contribution in [3.8, 4) is 5.75 Å². The number of anilines is 1. The van der Waals surface area contributed by atoms with Gasteiger partial charge in [0, 0.05) is 33.7 Å². The van der Waals surface area contributed by atoms with E-state index in [0.717, 1.165) is 31.2 Å². The molecule has 7 rings (SSSR count). The first-order valence-corrected chi connectivity index (χ1v) is 21.7. The highest BCUT2D eigenvalue weighted by Crippen LogP contribution is 2.60. The lowest BCUT2D eigenvalue weighted by molar-refractivity contribution is -0.385. The third-order valence-corrected chi connectivity index (χ3v) is 16.6. The van der Waals surface area contributed by atoms with Crippen LogP contribution < -0.4 is 14.8 Å². The van der Waals surface area contributed by atoms with Crippen molar-refractivity contribution in [2.24, 2.45) is 5.92 Å². The van der Waals surface area contributed by atoms with E-state index >= 15 is 4.79 Å². The molecule has 270 valence electrons. The minimum absolute atomic E-state index is 0.00354. The number of carbonyl (C=O) groups excluding carboxylic acids is 2. The third-order valence-electron chi connectivity index (χ3n) is 11.5. The van der Waals surface area contributed by atoms with Crippen molar-refractivity contribution >= 4 is 59.0 Å². The van der Waals surface area contributed by atoms with Crippen LogP contribution in [0.1, 0.15) is 35.6 Å². The highest BCUT2D eigenvalue weighted by Gasteiger charge is 2.67. The molecule has 3 heterocycles. The third kappa shape index (κ3) is 6.12. The molecule has 1 saturated heterocycles. The first-order chi connectivity index (χ1) is 24.9. The number of non-ortho nitro benzene ring substituents is 1. The van der Waals surface area contributed by atoms with Crippen LogP contribution in [0.4, 0.5) is 11.4 Å². The van der Waals surface area contributed by atoms with Crippen LogP contribution in [0.3, 0.4) is 0 Å². The number of fused-ring (bicyclic) bond motifs is 3. The first-order valence-electron chi connectivity index (χ1n) is 17.5. The Morgan fingerprint density at radius 3 is 2.46 bits per heavy atom. The van der Waals surface area contributed by atoms with Gasteiger partial charge in [0.05, 0.1) is 57.5 Å². The molecule has 1 spiro atoms. The van der Waals surface area contributed by atoms with Crippen LogP contribution in [0.25, 0.3) is 0 Å². The van der Waals surface area contributed by atoms with E-state index in [9.17, 15) is 20.0 Å². The topological polar surface area (TPSA) is 122 Å². The molecule has 3 aliphatic rings. The van der Waals surface area contributed by atoms with Gasteiger partial charge in [-0.25, -0.2) is 0 Å². The lowest BCUT2D eigenvalue weighted by atomic mass is 9.82. The van der Waals surface area contributed by atoms with Crippen LogP contribution >= 0.6 is 22.6 Å². The summed E-state index contributed by atoms with van der Waals surface area (Å²) in [5, 5.41) is 23.7. The van der Waals surface area contributed by atoms with E-state index in [-0.39, 0.29) is 48.7 Å². The molecule has 3 aliphatic heterocycles. The number of amides is 2. The van der Waals surface area contributed by atoms with Gasteiger partial charge in [-0.2, -0.15) is 0 Å². The number of nitrogens with zero attached hydrogens (tertiary/aromatic N) is 3. The van der Waals surface area contributed by atoms with Gasteiger partial charge >= 0.3 is 0 Å². The van der Waals surface area contributed by atoms with Crippen LogP contribution in [-0.4, -0.2) is 60.7 Å². The van der Waals surface area contributed by atoms with Gasteiger partial charge in [0.15, 0.2) is 5.60 Å². The molecule has 52 heavy (non-hydrogen) atoms. The SMILES string of the molecule is COc1ccc([Si](C)(C)[C@@H]2[C@@H](CC(=O)N3Cc4ccccc4C[C@H]3CO)O[C@]3(C(=O)N(Cc4cccc(I)c4)c4ccc([N+](=O)[O-])cc43)[C@H]2C)cc1. The number of nitro benzene ring substituents is 1. The number of aliphatic hydroxyl groups excluding tert-OH is 1. The second kappa shape index (κ2) is 14.0. The molecule has 2 amide bonds. The first kappa shape index (κ1) is 36.3. The van der Waals surface area contributed by atoms with Crippen molar-refractivity contribution in [2.45, 2.75) is 69.2 Å². The van der Waals surface area contributed by atoms with Crippen molar-refractivity contribution in [3.63, 3.8) is 0 Å². The van der Waals surface area contributed by atoms with E-state index in [1.54, 1.807) is 23.0 Å². The lowest BCUT2D eigenvalue weighted by Crippen LogP contribution is -2.52. The molecule has 0 aromatic heterocycles. The summed E-state index contributed by atoms with van der Waals surface area (Å²) in [6.45, 7) is 6.94. The number of aliphatic hydroxyl groups is 1. The van der Waals surface area contributed by atoms with Crippen molar-refractivity contribution in [1.29, 1.82) is 0 Å². The highest BCUT2D eigenvalue weighted by atomic mass is 127. The largest absolute Gasteiger partial charge is 0.497 e. The van der Waals surface area contributed by atoms with E-state index in [1.165, 1.54) is 12.1 Å². The van der Waals surface area contributed by atoms with Gasteiger partial charge < -0.3 is 24.4 Å². The normalized spacial score (nSPS) is 23.8. The average molecular weight is 832 g/mol. The Morgan fingerprint density at radius 2 is 1.79 bits per heavy atom. The van der Waals surface area contributed by atoms with Gasteiger partial charge in [0.25, 0.3) is 11.6 Å². The maximum Gasteiger partial charge on any atom is 0.269 e. The smallest absolute Gasteiger partial charge is 0.269 e. The Labute approximate surface area is 318 Å². The van der Waals surface area contributed by atoms with Crippen molar-refractivity contribution in [3.05, 3.63) is 127 Å². The van der Waals surface area contributed by atoms with Crippen LogP contribution in [0.5, 0.6) is 5.75 Å².